The minimum absolute atomic E-state index is 0.229. The molecule has 0 fully saturated rings. The average molecular weight is 345 g/mol. The Morgan fingerprint density at radius 1 is 1.58 bits per heavy atom. The van der Waals surface area contributed by atoms with Crippen LogP contribution in [0.4, 0.5) is 0 Å². The van der Waals surface area contributed by atoms with E-state index in [2.05, 4.69) is 15.9 Å². The van der Waals surface area contributed by atoms with E-state index in [1.807, 2.05) is 25.1 Å². The highest BCUT2D eigenvalue weighted by atomic mass is 79.9. The largest absolute Gasteiger partial charge is 0.461 e. The molecule has 0 aromatic heterocycles. The van der Waals surface area contributed by atoms with E-state index in [0.29, 0.717) is 22.1 Å². The highest BCUT2D eigenvalue weighted by molar-refractivity contribution is 9.10. The maximum absolute atomic E-state index is 9.79. The minimum atomic E-state index is -1.02. The molecular formula is C14H15BrClNO2. The van der Waals surface area contributed by atoms with Gasteiger partial charge in [-0.15, -0.1) is 0 Å². The molecule has 102 valence electrons. The minimum Gasteiger partial charge on any atom is -0.461 e. The van der Waals surface area contributed by atoms with Crippen molar-refractivity contribution < 1.29 is 9.84 Å². The molecule has 0 spiro atoms. The molecule has 1 atom stereocenters. The van der Waals surface area contributed by atoms with Crippen LogP contribution in [0.15, 0.2) is 45.1 Å². The molecule has 5 heteroatoms. The molecule has 1 aliphatic heterocycles. The summed E-state index contributed by atoms with van der Waals surface area (Å²) in [4.78, 5) is 0. The predicted molar refractivity (Wildman–Crippen MR) is 80.0 cm³/mol. The Morgan fingerprint density at radius 3 is 2.84 bits per heavy atom. The lowest BCUT2D eigenvalue weighted by molar-refractivity contribution is 0.207. The van der Waals surface area contributed by atoms with Crippen LogP contribution in [0, 0.1) is 0 Å². The summed E-state index contributed by atoms with van der Waals surface area (Å²) in [6, 6.07) is 5.56. The van der Waals surface area contributed by atoms with E-state index in [0.717, 1.165) is 10.0 Å². The summed E-state index contributed by atoms with van der Waals surface area (Å²) < 4.78 is 6.64. The Bertz CT molecular complexity index is 579. The lowest BCUT2D eigenvalue weighted by Crippen LogP contribution is -2.45. The summed E-state index contributed by atoms with van der Waals surface area (Å²) in [6.07, 6.45) is 1.73. The van der Waals surface area contributed by atoms with Gasteiger partial charge in [0, 0.05) is 20.6 Å². The second-order valence-corrected chi connectivity index (χ2v) is 6.08. The third-order valence-electron chi connectivity index (χ3n) is 3.14. The van der Waals surface area contributed by atoms with Gasteiger partial charge in [-0.1, -0.05) is 27.5 Å². The van der Waals surface area contributed by atoms with Crippen molar-refractivity contribution in [1.29, 1.82) is 0 Å². The molecule has 0 aliphatic carbocycles. The number of rotatable bonds is 2. The van der Waals surface area contributed by atoms with Crippen LogP contribution in [0.3, 0.4) is 0 Å². The summed E-state index contributed by atoms with van der Waals surface area (Å²) in [5.41, 5.74) is 6.82. The highest BCUT2D eigenvalue weighted by Gasteiger charge is 2.38. The van der Waals surface area contributed by atoms with Crippen molar-refractivity contribution in [2.45, 2.75) is 19.4 Å². The van der Waals surface area contributed by atoms with Crippen molar-refractivity contribution in [3.05, 3.63) is 50.7 Å². The van der Waals surface area contributed by atoms with E-state index in [1.165, 1.54) is 0 Å². The van der Waals surface area contributed by atoms with E-state index in [-0.39, 0.29) is 6.61 Å². The second-order valence-electron chi connectivity index (χ2n) is 4.57. The fourth-order valence-corrected chi connectivity index (χ4v) is 2.69. The first-order chi connectivity index (χ1) is 8.88. The normalized spacial score (nSPS) is 23.2. The van der Waals surface area contributed by atoms with Crippen LogP contribution in [-0.4, -0.2) is 11.7 Å². The van der Waals surface area contributed by atoms with Crippen LogP contribution in [0.25, 0.3) is 0 Å². The van der Waals surface area contributed by atoms with Crippen LogP contribution >= 0.6 is 27.5 Å². The van der Waals surface area contributed by atoms with Gasteiger partial charge in [-0.25, -0.2) is 0 Å². The zero-order chi connectivity index (χ0) is 14.2. The van der Waals surface area contributed by atoms with Crippen molar-refractivity contribution >= 4 is 27.5 Å². The Morgan fingerprint density at radius 2 is 2.26 bits per heavy atom. The molecule has 1 aliphatic rings. The van der Waals surface area contributed by atoms with E-state index in [9.17, 15) is 5.11 Å². The van der Waals surface area contributed by atoms with Gasteiger partial charge in [0.1, 0.15) is 11.5 Å². The van der Waals surface area contributed by atoms with Gasteiger partial charge in [-0.3, -0.25) is 0 Å². The van der Waals surface area contributed by atoms with Crippen molar-refractivity contribution in [1.82, 2.24) is 0 Å². The smallest absolute Gasteiger partial charge is 0.132 e. The third-order valence-corrected chi connectivity index (χ3v) is 3.74. The molecule has 3 nitrogen and oxygen atoms in total. The van der Waals surface area contributed by atoms with Crippen LogP contribution in [0.1, 0.15) is 19.4 Å². The summed E-state index contributed by atoms with van der Waals surface area (Å²) in [5, 5.41) is 10.4. The molecule has 0 bridgehead atoms. The Labute approximate surface area is 125 Å². The summed E-state index contributed by atoms with van der Waals surface area (Å²) in [5.74, 6) is 1.30. The fourth-order valence-electron chi connectivity index (χ4n) is 2.22. The standard InChI is InChI=1S/C14H15BrClNO2/c1-8(16)5-11-9(2)19-13-4-3-10(15)6-12(13)14(11,17)7-18/h3-6,18H,7,17H2,1-2H3/b8-5+. The monoisotopic (exact) mass is 343 g/mol. The van der Waals surface area contributed by atoms with Crippen molar-refractivity contribution in [3.63, 3.8) is 0 Å². The van der Waals surface area contributed by atoms with Crippen molar-refractivity contribution in [2.24, 2.45) is 5.73 Å². The maximum atomic E-state index is 9.79. The lowest BCUT2D eigenvalue weighted by Gasteiger charge is -2.36. The number of allylic oxidation sites excluding steroid dienone is 2. The molecule has 0 radical (unpaired) electrons. The number of fused-ring (bicyclic) bond motifs is 1. The average Bonchev–Trinajstić information content (AvgIpc) is 2.35. The van der Waals surface area contributed by atoms with E-state index >= 15 is 0 Å². The molecular weight excluding hydrogens is 330 g/mol. The molecule has 0 saturated carbocycles. The number of aliphatic hydroxyl groups excluding tert-OH is 1. The zero-order valence-corrected chi connectivity index (χ0v) is 13.0. The quantitative estimate of drug-likeness (QED) is 0.864. The van der Waals surface area contributed by atoms with Gasteiger partial charge < -0.3 is 15.6 Å². The van der Waals surface area contributed by atoms with E-state index in [1.54, 1.807) is 13.0 Å². The summed E-state index contributed by atoms with van der Waals surface area (Å²) >= 11 is 9.35. The summed E-state index contributed by atoms with van der Waals surface area (Å²) in [7, 11) is 0. The predicted octanol–water partition coefficient (Wildman–Crippen LogP) is 3.40. The highest BCUT2D eigenvalue weighted by Crippen LogP contribution is 2.42. The summed E-state index contributed by atoms with van der Waals surface area (Å²) in [6.45, 7) is 3.34. The molecule has 19 heavy (non-hydrogen) atoms. The van der Waals surface area contributed by atoms with Gasteiger partial charge in [-0.05, 0) is 38.1 Å². The Balaban J connectivity index is 2.68. The molecule has 1 aromatic rings. The molecule has 2 rings (SSSR count). The number of hydrogen-bond donors (Lipinski definition) is 2. The Hall–Kier alpha value is -0.810. The molecule has 0 saturated heterocycles. The third kappa shape index (κ3) is 2.58. The van der Waals surface area contributed by atoms with Crippen molar-refractivity contribution in [3.8, 4) is 5.75 Å². The van der Waals surface area contributed by atoms with Gasteiger partial charge in [-0.2, -0.15) is 0 Å². The van der Waals surface area contributed by atoms with Crippen LogP contribution in [0.5, 0.6) is 5.75 Å². The number of ether oxygens (including phenoxy) is 1. The number of nitrogens with two attached hydrogens (primary N) is 1. The first-order valence-electron chi connectivity index (χ1n) is 5.81. The number of halogens is 2. The number of benzene rings is 1. The van der Waals surface area contributed by atoms with E-state index < -0.39 is 5.54 Å². The first-order valence-corrected chi connectivity index (χ1v) is 6.98. The van der Waals surface area contributed by atoms with Gasteiger partial charge in [0.15, 0.2) is 0 Å². The van der Waals surface area contributed by atoms with Gasteiger partial charge >= 0.3 is 0 Å². The van der Waals surface area contributed by atoms with Crippen LogP contribution in [0.2, 0.25) is 0 Å². The number of hydrogen-bond acceptors (Lipinski definition) is 3. The first kappa shape index (κ1) is 14.6. The van der Waals surface area contributed by atoms with Gasteiger partial charge in [0.2, 0.25) is 0 Å². The molecule has 0 amide bonds. The SMILES string of the molecule is CC1=C(/C=C(\C)Cl)C(N)(CO)c2cc(Br)ccc2O1. The van der Waals surface area contributed by atoms with Gasteiger partial charge in [0.05, 0.1) is 12.1 Å². The fraction of sp³-hybridized carbons (Fsp3) is 0.286. The molecule has 1 aromatic carbocycles. The molecule has 1 heterocycles. The second kappa shape index (κ2) is 5.29. The van der Waals surface area contributed by atoms with Crippen LogP contribution < -0.4 is 10.5 Å². The zero-order valence-electron chi connectivity index (χ0n) is 10.7. The van der Waals surface area contributed by atoms with Crippen molar-refractivity contribution in [2.75, 3.05) is 6.61 Å². The molecule has 3 N–H and O–H groups in total. The van der Waals surface area contributed by atoms with Crippen LogP contribution in [-0.2, 0) is 5.54 Å². The Kier molecular flexibility index (Phi) is 4.06. The van der Waals surface area contributed by atoms with E-state index in [4.69, 9.17) is 22.1 Å². The topological polar surface area (TPSA) is 55.5 Å². The maximum Gasteiger partial charge on any atom is 0.132 e. The van der Waals surface area contributed by atoms with Gasteiger partial charge in [0.25, 0.3) is 0 Å². The molecule has 1 unspecified atom stereocenters. The lowest BCUT2D eigenvalue weighted by atomic mass is 9.81. The number of aliphatic hydroxyl groups is 1.